The second kappa shape index (κ2) is 2.14. The number of nitrogens with two attached hydrogens (primary N) is 1. The molecular formula is C11H17N. The van der Waals surface area contributed by atoms with Crippen LogP contribution in [0.25, 0.3) is 0 Å². The number of hydrogen-bond donors (Lipinski definition) is 1. The summed E-state index contributed by atoms with van der Waals surface area (Å²) in [7, 11) is 0. The third kappa shape index (κ3) is 0.779. The smallest absolute Gasteiger partial charge is 0.0374 e. The van der Waals surface area contributed by atoms with Gasteiger partial charge in [-0.25, -0.2) is 0 Å². The Hall–Kier alpha value is -0.300. The monoisotopic (exact) mass is 163 g/mol. The molecule has 2 saturated carbocycles. The maximum atomic E-state index is 6.42. The van der Waals surface area contributed by atoms with Crippen molar-refractivity contribution in [3.63, 3.8) is 0 Å². The lowest BCUT2D eigenvalue weighted by molar-refractivity contribution is 0.161. The molecule has 0 heterocycles. The van der Waals surface area contributed by atoms with Crippen molar-refractivity contribution in [3.8, 4) is 0 Å². The normalized spacial score (nSPS) is 50.6. The largest absolute Gasteiger partial charge is 0.322 e. The van der Waals surface area contributed by atoms with Crippen LogP contribution in [0.4, 0.5) is 0 Å². The molecule has 0 amide bonds. The molecular weight excluding hydrogens is 146 g/mol. The minimum Gasteiger partial charge on any atom is -0.322 e. The van der Waals surface area contributed by atoms with Gasteiger partial charge in [0.2, 0.25) is 0 Å². The first kappa shape index (κ1) is 7.14. The van der Waals surface area contributed by atoms with Crippen LogP contribution in [-0.4, -0.2) is 5.54 Å². The Labute approximate surface area is 74.0 Å². The van der Waals surface area contributed by atoms with Crippen molar-refractivity contribution in [2.75, 3.05) is 0 Å². The molecule has 12 heavy (non-hydrogen) atoms. The fourth-order valence-electron chi connectivity index (χ4n) is 3.68. The van der Waals surface area contributed by atoms with Crippen molar-refractivity contribution in [2.45, 2.75) is 44.1 Å². The molecule has 1 nitrogen and oxygen atoms in total. The van der Waals surface area contributed by atoms with Gasteiger partial charge in [0.1, 0.15) is 0 Å². The Morgan fingerprint density at radius 2 is 2.42 bits per heavy atom. The molecule has 4 rings (SSSR count). The number of rotatable bonds is 0. The highest BCUT2D eigenvalue weighted by Crippen LogP contribution is 2.52. The molecule has 0 saturated heterocycles. The van der Waals surface area contributed by atoms with E-state index in [0.29, 0.717) is 0 Å². The average molecular weight is 163 g/mol. The third-order valence-corrected chi connectivity index (χ3v) is 4.13. The van der Waals surface area contributed by atoms with E-state index < -0.39 is 0 Å². The summed E-state index contributed by atoms with van der Waals surface area (Å²) in [5, 5.41) is 0. The summed E-state index contributed by atoms with van der Waals surface area (Å²) in [6, 6.07) is 0. The van der Waals surface area contributed by atoms with Crippen molar-refractivity contribution >= 4 is 0 Å². The van der Waals surface area contributed by atoms with Crippen LogP contribution >= 0.6 is 0 Å². The molecule has 0 aliphatic heterocycles. The van der Waals surface area contributed by atoms with Gasteiger partial charge < -0.3 is 5.73 Å². The van der Waals surface area contributed by atoms with Crippen molar-refractivity contribution in [2.24, 2.45) is 17.6 Å². The van der Waals surface area contributed by atoms with Crippen LogP contribution in [0.15, 0.2) is 11.6 Å². The molecule has 0 radical (unpaired) electrons. The first-order valence-electron chi connectivity index (χ1n) is 5.27. The van der Waals surface area contributed by atoms with Crippen molar-refractivity contribution in [1.82, 2.24) is 0 Å². The van der Waals surface area contributed by atoms with Crippen LogP contribution in [0.2, 0.25) is 0 Å². The van der Waals surface area contributed by atoms with Gasteiger partial charge in [0.25, 0.3) is 0 Å². The van der Waals surface area contributed by atoms with Crippen molar-refractivity contribution < 1.29 is 0 Å². The minimum atomic E-state index is 0.157. The van der Waals surface area contributed by atoms with Gasteiger partial charge in [0.05, 0.1) is 0 Å². The highest BCUT2D eigenvalue weighted by atomic mass is 14.8. The number of fused-ring (bicyclic) bond motifs is 1. The van der Waals surface area contributed by atoms with Gasteiger partial charge in [0.15, 0.2) is 0 Å². The van der Waals surface area contributed by atoms with Crippen LogP contribution in [-0.2, 0) is 0 Å². The van der Waals surface area contributed by atoms with Gasteiger partial charge in [0, 0.05) is 5.54 Å². The molecule has 1 heteroatoms. The van der Waals surface area contributed by atoms with Gasteiger partial charge >= 0.3 is 0 Å². The Balaban J connectivity index is 2.06. The van der Waals surface area contributed by atoms with E-state index in [0.717, 1.165) is 11.8 Å². The zero-order valence-electron chi connectivity index (χ0n) is 7.55. The van der Waals surface area contributed by atoms with Gasteiger partial charge in [-0.05, 0) is 43.9 Å². The van der Waals surface area contributed by atoms with E-state index in [1.165, 1.54) is 38.5 Å². The summed E-state index contributed by atoms with van der Waals surface area (Å²) in [4.78, 5) is 0. The summed E-state index contributed by atoms with van der Waals surface area (Å²) in [6.45, 7) is 0. The van der Waals surface area contributed by atoms with Crippen LogP contribution < -0.4 is 5.73 Å². The number of allylic oxidation sites excluding steroid dienone is 1. The fourth-order valence-corrected chi connectivity index (χ4v) is 3.68. The summed E-state index contributed by atoms with van der Waals surface area (Å²) in [5.74, 6) is 1.81. The van der Waals surface area contributed by atoms with E-state index in [4.69, 9.17) is 5.73 Å². The van der Waals surface area contributed by atoms with Gasteiger partial charge in [-0.15, -0.1) is 0 Å². The van der Waals surface area contributed by atoms with E-state index in [-0.39, 0.29) is 5.54 Å². The lowest BCUT2D eigenvalue weighted by Crippen LogP contribution is -2.53. The van der Waals surface area contributed by atoms with Crippen molar-refractivity contribution in [3.05, 3.63) is 11.6 Å². The zero-order valence-corrected chi connectivity index (χ0v) is 7.55. The Morgan fingerprint density at radius 1 is 1.50 bits per heavy atom. The SMILES string of the molecule is N[C@]12CCC[C@H]3C[C@@H](CC=C31)C2. The fraction of sp³-hybridized carbons (Fsp3) is 0.818. The van der Waals surface area contributed by atoms with E-state index in [1.54, 1.807) is 5.57 Å². The van der Waals surface area contributed by atoms with E-state index in [1.807, 2.05) is 0 Å². The predicted octanol–water partition coefficient (Wildman–Crippen LogP) is 2.22. The number of hydrogen-bond acceptors (Lipinski definition) is 1. The molecule has 0 aromatic heterocycles. The standard InChI is InChI=1S/C11H17N/c12-11-5-1-2-9-6-8(7-11)3-4-10(9)11/h4,8-9H,1-3,5-7,12H2/t8-,9+,11+/m1/s1. The quantitative estimate of drug-likeness (QED) is 0.544. The van der Waals surface area contributed by atoms with Gasteiger partial charge in [-0.2, -0.15) is 0 Å². The van der Waals surface area contributed by atoms with Gasteiger partial charge in [-0.3, -0.25) is 0 Å². The third-order valence-electron chi connectivity index (χ3n) is 4.13. The van der Waals surface area contributed by atoms with Crippen molar-refractivity contribution in [1.29, 1.82) is 0 Å². The second-order valence-electron chi connectivity index (χ2n) is 4.95. The first-order valence-corrected chi connectivity index (χ1v) is 5.27. The molecule has 3 atom stereocenters. The first-order chi connectivity index (χ1) is 5.78. The van der Waals surface area contributed by atoms with E-state index in [9.17, 15) is 0 Å². The molecule has 2 fully saturated rings. The summed E-state index contributed by atoms with van der Waals surface area (Å²) < 4.78 is 0. The molecule has 0 aromatic rings. The second-order valence-corrected chi connectivity index (χ2v) is 4.95. The maximum absolute atomic E-state index is 6.42. The highest BCUT2D eigenvalue weighted by molar-refractivity contribution is 5.31. The molecule has 0 unspecified atom stereocenters. The summed E-state index contributed by atoms with van der Waals surface area (Å²) >= 11 is 0. The molecule has 4 aliphatic carbocycles. The molecule has 4 aliphatic rings. The highest BCUT2D eigenvalue weighted by Gasteiger charge is 2.46. The lowest BCUT2D eigenvalue weighted by atomic mass is 9.57. The van der Waals surface area contributed by atoms with Crippen LogP contribution in [0.3, 0.4) is 0 Å². The Kier molecular flexibility index (Phi) is 1.27. The van der Waals surface area contributed by atoms with Crippen LogP contribution in [0.1, 0.15) is 38.5 Å². The average Bonchev–Trinajstić information content (AvgIpc) is 2.03. The minimum absolute atomic E-state index is 0.157. The Morgan fingerprint density at radius 3 is 3.08 bits per heavy atom. The van der Waals surface area contributed by atoms with Crippen LogP contribution in [0, 0.1) is 11.8 Å². The van der Waals surface area contributed by atoms with Crippen LogP contribution in [0.5, 0.6) is 0 Å². The Bertz CT molecular complexity index is 243. The molecule has 4 bridgehead atoms. The molecule has 0 spiro atoms. The topological polar surface area (TPSA) is 26.0 Å². The van der Waals surface area contributed by atoms with Gasteiger partial charge in [-0.1, -0.05) is 18.1 Å². The summed E-state index contributed by atoms with van der Waals surface area (Å²) in [5.41, 5.74) is 8.21. The lowest BCUT2D eigenvalue weighted by Gasteiger charge is -2.51. The maximum Gasteiger partial charge on any atom is 0.0374 e. The molecule has 66 valence electrons. The van der Waals surface area contributed by atoms with E-state index in [2.05, 4.69) is 6.08 Å². The molecule has 0 aromatic carbocycles. The zero-order chi connectivity index (χ0) is 8.18. The van der Waals surface area contributed by atoms with E-state index >= 15 is 0 Å². The molecule has 2 N–H and O–H groups in total. The summed E-state index contributed by atoms with van der Waals surface area (Å²) in [6.07, 6.45) is 10.6. The predicted molar refractivity (Wildman–Crippen MR) is 49.7 cm³/mol.